The Labute approximate surface area is 193 Å². The van der Waals surface area contributed by atoms with Gasteiger partial charge in [-0.1, -0.05) is 29.3 Å². The Kier molecular flexibility index (Phi) is 7.62. The van der Waals surface area contributed by atoms with Gasteiger partial charge in [0, 0.05) is 48.9 Å². The van der Waals surface area contributed by atoms with Crippen LogP contribution in [0.15, 0.2) is 42.5 Å². The number of halogens is 2. The first-order chi connectivity index (χ1) is 15.2. The number of nitrogens with one attached hydrogen (secondary N) is 2. The molecule has 1 fully saturated rings. The van der Waals surface area contributed by atoms with E-state index in [1.165, 1.54) is 24.3 Å². The maximum absolute atomic E-state index is 12.6. The van der Waals surface area contributed by atoms with Gasteiger partial charge in [0.05, 0.1) is 22.1 Å². The number of piperazine rings is 1. The van der Waals surface area contributed by atoms with Crippen molar-refractivity contribution in [1.29, 1.82) is 0 Å². The fourth-order valence-corrected chi connectivity index (χ4v) is 3.63. The topological polar surface area (TPSA) is 125 Å². The van der Waals surface area contributed by atoms with Crippen LogP contribution in [0.2, 0.25) is 10.0 Å². The van der Waals surface area contributed by atoms with E-state index in [1.54, 1.807) is 17.0 Å². The summed E-state index contributed by atoms with van der Waals surface area (Å²) >= 11 is 12.0. The standard InChI is InChI=1S/C20H19Cl2N5O5/c21-14-4-5-16(17(22)11-14)20(30)26-8-6-25(7-9-26)12-18(28)23-24-19(29)13-2-1-3-15(10-13)27(31)32/h1-5,10-11H,6-9,12H2,(H,23,28)(H,24,29). The number of nitro groups is 1. The van der Waals surface area contributed by atoms with Crippen LogP contribution >= 0.6 is 23.2 Å². The zero-order valence-electron chi connectivity index (χ0n) is 16.7. The first-order valence-corrected chi connectivity index (χ1v) is 10.3. The van der Waals surface area contributed by atoms with E-state index in [2.05, 4.69) is 10.9 Å². The van der Waals surface area contributed by atoms with Crippen molar-refractivity contribution in [1.82, 2.24) is 20.7 Å². The van der Waals surface area contributed by atoms with Crippen molar-refractivity contribution in [2.24, 2.45) is 0 Å². The zero-order valence-corrected chi connectivity index (χ0v) is 18.2. The number of non-ortho nitro benzene ring substituents is 1. The molecule has 1 aliphatic heterocycles. The molecule has 3 amide bonds. The molecule has 0 bridgehead atoms. The highest BCUT2D eigenvalue weighted by Crippen LogP contribution is 2.22. The highest BCUT2D eigenvalue weighted by Gasteiger charge is 2.25. The van der Waals surface area contributed by atoms with E-state index in [1.807, 2.05) is 4.90 Å². The lowest BCUT2D eigenvalue weighted by atomic mass is 10.2. The van der Waals surface area contributed by atoms with Crippen molar-refractivity contribution in [3.63, 3.8) is 0 Å². The van der Waals surface area contributed by atoms with Crippen molar-refractivity contribution < 1.29 is 19.3 Å². The molecule has 2 aromatic rings. The maximum atomic E-state index is 12.6. The molecule has 2 N–H and O–H groups in total. The number of amides is 3. The van der Waals surface area contributed by atoms with Gasteiger partial charge in [-0.25, -0.2) is 0 Å². The Hall–Kier alpha value is -3.21. The highest BCUT2D eigenvalue weighted by molar-refractivity contribution is 6.36. The van der Waals surface area contributed by atoms with Gasteiger partial charge in [0.2, 0.25) is 0 Å². The predicted octanol–water partition coefficient (Wildman–Crippen LogP) is 2.12. The lowest BCUT2D eigenvalue weighted by Crippen LogP contribution is -2.53. The molecule has 1 heterocycles. The number of nitrogens with zero attached hydrogens (tertiary/aromatic N) is 3. The molecule has 3 rings (SSSR count). The quantitative estimate of drug-likeness (QED) is 0.499. The molecule has 12 heteroatoms. The van der Waals surface area contributed by atoms with Crippen LogP contribution in [0, 0.1) is 10.1 Å². The molecule has 10 nitrogen and oxygen atoms in total. The van der Waals surface area contributed by atoms with Crippen molar-refractivity contribution in [3.8, 4) is 0 Å². The number of hydrazine groups is 1. The van der Waals surface area contributed by atoms with Gasteiger partial charge in [0.25, 0.3) is 23.4 Å². The fourth-order valence-electron chi connectivity index (χ4n) is 3.14. The van der Waals surface area contributed by atoms with Crippen molar-refractivity contribution in [3.05, 3.63) is 73.8 Å². The van der Waals surface area contributed by atoms with Crippen LogP contribution in [0.5, 0.6) is 0 Å². The van der Waals surface area contributed by atoms with Crippen molar-refractivity contribution in [2.75, 3.05) is 32.7 Å². The van der Waals surface area contributed by atoms with Crippen LogP contribution in [0.4, 0.5) is 5.69 Å². The summed E-state index contributed by atoms with van der Waals surface area (Å²) in [7, 11) is 0. The first-order valence-electron chi connectivity index (χ1n) is 9.55. The summed E-state index contributed by atoms with van der Waals surface area (Å²) in [5.74, 6) is -1.33. The van der Waals surface area contributed by atoms with Crippen LogP contribution in [-0.4, -0.2) is 65.2 Å². The van der Waals surface area contributed by atoms with E-state index in [9.17, 15) is 24.5 Å². The maximum Gasteiger partial charge on any atom is 0.270 e. The van der Waals surface area contributed by atoms with Gasteiger partial charge in [-0.3, -0.25) is 40.2 Å². The van der Waals surface area contributed by atoms with E-state index in [-0.39, 0.29) is 28.7 Å². The Bertz CT molecular complexity index is 1060. The molecule has 2 aromatic carbocycles. The molecule has 1 aliphatic rings. The first kappa shape index (κ1) is 23.5. The van der Waals surface area contributed by atoms with Crippen LogP contribution in [0.1, 0.15) is 20.7 Å². The lowest BCUT2D eigenvalue weighted by molar-refractivity contribution is -0.384. The fraction of sp³-hybridized carbons (Fsp3) is 0.250. The van der Waals surface area contributed by atoms with E-state index < -0.39 is 16.7 Å². The summed E-state index contributed by atoms with van der Waals surface area (Å²) in [6, 6.07) is 9.86. The highest BCUT2D eigenvalue weighted by atomic mass is 35.5. The number of carbonyl (C=O) groups is 3. The molecule has 168 valence electrons. The SMILES string of the molecule is O=C(CN1CCN(C(=O)c2ccc(Cl)cc2Cl)CC1)NNC(=O)c1cccc([N+](=O)[O-])c1. The summed E-state index contributed by atoms with van der Waals surface area (Å²) < 4.78 is 0. The second-order valence-corrected chi connectivity index (χ2v) is 7.85. The van der Waals surface area contributed by atoms with E-state index >= 15 is 0 Å². The summed E-state index contributed by atoms with van der Waals surface area (Å²) in [6.45, 7) is 1.75. The zero-order chi connectivity index (χ0) is 23.3. The van der Waals surface area contributed by atoms with Gasteiger partial charge in [0.15, 0.2) is 0 Å². The molecule has 0 aromatic heterocycles. The second kappa shape index (κ2) is 10.4. The number of rotatable bonds is 5. The largest absolute Gasteiger partial charge is 0.336 e. The molecule has 0 aliphatic carbocycles. The van der Waals surface area contributed by atoms with Crippen LogP contribution in [0.25, 0.3) is 0 Å². The summed E-state index contributed by atoms with van der Waals surface area (Å²) in [5.41, 5.74) is 4.71. The summed E-state index contributed by atoms with van der Waals surface area (Å²) in [6.07, 6.45) is 0. The second-order valence-electron chi connectivity index (χ2n) is 7.00. The van der Waals surface area contributed by atoms with Crippen molar-refractivity contribution in [2.45, 2.75) is 0 Å². The minimum atomic E-state index is -0.669. The average molecular weight is 480 g/mol. The third kappa shape index (κ3) is 5.94. The summed E-state index contributed by atoms with van der Waals surface area (Å²) in [4.78, 5) is 50.6. The molecular weight excluding hydrogens is 461 g/mol. The molecule has 32 heavy (non-hydrogen) atoms. The number of hydrogen-bond acceptors (Lipinski definition) is 6. The number of carbonyl (C=O) groups excluding carboxylic acids is 3. The normalized spacial score (nSPS) is 14.0. The van der Waals surface area contributed by atoms with Gasteiger partial charge in [-0.2, -0.15) is 0 Å². The molecule has 0 atom stereocenters. The van der Waals surface area contributed by atoms with E-state index in [0.29, 0.717) is 36.8 Å². The van der Waals surface area contributed by atoms with Gasteiger partial charge < -0.3 is 4.90 Å². The third-order valence-corrected chi connectivity index (χ3v) is 5.37. The van der Waals surface area contributed by atoms with Gasteiger partial charge in [0.1, 0.15) is 0 Å². The third-order valence-electron chi connectivity index (χ3n) is 4.82. The number of hydrogen-bond donors (Lipinski definition) is 2. The van der Waals surface area contributed by atoms with Crippen molar-refractivity contribution >= 4 is 46.6 Å². The summed E-state index contributed by atoms with van der Waals surface area (Å²) in [5, 5.41) is 11.5. The average Bonchev–Trinajstić information content (AvgIpc) is 2.77. The molecular formula is C20H19Cl2N5O5. The Morgan fingerprint density at radius 1 is 1.00 bits per heavy atom. The minimum absolute atomic E-state index is 0.0128. The molecule has 0 radical (unpaired) electrons. The lowest BCUT2D eigenvalue weighted by Gasteiger charge is -2.34. The van der Waals surface area contributed by atoms with Gasteiger partial charge in [-0.05, 0) is 24.3 Å². The van der Waals surface area contributed by atoms with Crippen LogP contribution in [-0.2, 0) is 4.79 Å². The Morgan fingerprint density at radius 3 is 2.38 bits per heavy atom. The smallest absolute Gasteiger partial charge is 0.270 e. The molecule has 0 unspecified atom stereocenters. The van der Waals surface area contributed by atoms with E-state index in [0.717, 1.165) is 6.07 Å². The predicted molar refractivity (Wildman–Crippen MR) is 118 cm³/mol. The Morgan fingerprint density at radius 2 is 1.72 bits per heavy atom. The number of nitro benzene ring substituents is 1. The molecule has 1 saturated heterocycles. The molecule has 0 spiro atoms. The molecule has 0 saturated carbocycles. The number of benzene rings is 2. The minimum Gasteiger partial charge on any atom is -0.336 e. The van der Waals surface area contributed by atoms with E-state index in [4.69, 9.17) is 23.2 Å². The van der Waals surface area contributed by atoms with Gasteiger partial charge in [-0.15, -0.1) is 0 Å². The van der Waals surface area contributed by atoms with Crippen LogP contribution < -0.4 is 10.9 Å². The van der Waals surface area contributed by atoms with Crippen LogP contribution in [0.3, 0.4) is 0 Å². The van der Waals surface area contributed by atoms with Gasteiger partial charge >= 0.3 is 0 Å². The monoisotopic (exact) mass is 479 g/mol. The Balaban J connectivity index is 1.45.